The molecule has 3 rings (SSSR count). The summed E-state index contributed by atoms with van der Waals surface area (Å²) in [5.74, 6) is -0.242. The van der Waals surface area contributed by atoms with Crippen molar-refractivity contribution in [1.29, 1.82) is 0 Å². The van der Waals surface area contributed by atoms with Crippen LogP contribution in [0, 0.1) is 0 Å². The third-order valence-corrected chi connectivity index (χ3v) is 6.30. The molecule has 184 valence electrons. The predicted octanol–water partition coefficient (Wildman–Crippen LogP) is 5.92. The summed E-state index contributed by atoms with van der Waals surface area (Å²) in [4.78, 5) is 13.8. The predicted molar refractivity (Wildman–Crippen MR) is 127 cm³/mol. The van der Waals surface area contributed by atoms with Gasteiger partial charge in [0.1, 0.15) is 10.6 Å². The molecular weight excluding hydrogens is 479 g/mol. The maximum absolute atomic E-state index is 12.9. The van der Waals surface area contributed by atoms with Crippen LogP contribution in [0.25, 0.3) is 6.08 Å². The standard InChI is InChI=1S/C26H24F3NO4S/c1-19(2)30(25(31)16-13-20-7-4-3-5-8-20)18-21-11-14-23(15-12-21)34-35(32,33)24-10-6-9-22(17-24)26(27,28)29/h3-17,19H,18H2,1-2H3/b16-13+. The molecule has 0 aliphatic heterocycles. The molecular formula is C26H24F3NO4S. The van der Waals surface area contributed by atoms with Crippen molar-refractivity contribution in [3.8, 4) is 5.75 Å². The third kappa shape index (κ3) is 7.19. The highest BCUT2D eigenvalue weighted by molar-refractivity contribution is 7.87. The lowest BCUT2D eigenvalue weighted by Crippen LogP contribution is -2.35. The Bertz CT molecular complexity index is 1290. The number of hydrogen-bond donors (Lipinski definition) is 0. The van der Waals surface area contributed by atoms with Gasteiger partial charge in [-0.1, -0.05) is 48.5 Å². The van der Waals surface area contributed by atoms with E-state index in [2.05, 4.69) is 0 Å². The molecule has 3 aromatic carbocycles. The number of benzene rings is 3. The average Bonchev–Trinajstić information content (AvgIpc) is 2.82. The van der Waals surface area contributed by atoms with Crippen LogP contribution >= 0.6 is 0 Å². The summed E-state index contributed by atoms with van der Waals surface area (Å²) in [6, 6.07) is 18.6. The van der Waals surface area contributed by atoms with E-state index < -0.39 is 26.8 Å². The first-order valence-corrected chi connectivity index (χ1v) is 12.1. The summed E-state index contributed by atoms with van der Waals surface area (Å²) < 4.78 is 68.7. The molecule has 0 saturated carbocycles. The SMILES string of the molecule is CC(C)N(Cc1ccc(OS(=O)(=O)c2cccc(C(F)(F)F)c2)cc1)C(=O)/C=C/c1ccccc1. The number of carbonyl (C=O) groups excluding carboxylic acids is 1. The normalized spacial score (nSPS) is 12.2. The highest BCUT2D eigenvalue weighted by Gasteiger charge is 2.32. The number of hydrogen-bond acceptors (Lipinski definition) is 4. The van der Waals surface area contributed by atoms with Crippen LogP contribution in [0.15, 0.2) is 89.8 Å². The first-order chi connectivity index (χ1) is 16.5. The van der Waals surface area contributed by atoms with Gasteiger partial charge in [0.05, 0.1) is 5.56 Å². The van der Waals surface area contributed by atoms with E-state index in [4.69, 9.17) is 4.18 Å². The first kappa shape index (κ1) is 26.0. The van der Waals surface area contributed by atoms with E-state index in [1.54, 1.807) is 23.1 Å². The van der Waals surface area contributed by atoms with Crippen LogP contribution in [0.3, 0.4) is 0 Å². The van der Waals surface area contributed by atoms with Gasteiger partial charge in [-0.25, -0.2) is 0 Å². The van der Waals surface area contributed by atoms with E-state index in [0.717, 1.165) is 29.3 Å². The monoisotopic (exact) mass is 503 g/mol. The van der Waals surface area contributed by atoms with Crippen LogP contribution in [0.5, 0.6) is 5.75 Å². The van der Waals surface area contributed by atoms with Gasteiger partial charge in [0.25, 0.3) is 0 Å². The Morgan fingerprint density at radius 3 is 2.23 bits per heavy atom. The van der Waals surface area contributed by atoms with Crippen molar-refractivity contribution >= 4 is 22.1 Å². The summed E-state index contributed by atoms with van der Waals surface area (Å²) in [6.45, 7) is 4.04. The molecule has 0 aromatic heterocycles. The molecule has 9 heteroatoms. The molecule has 5 nitrogen and oxygen atoms in total. The second-order valence-corrected chi connectivity index (χ2v) is 9.56. The van der Waals surface area contributed by atoms with Gasteiger partial charge in [-0.3, -0.25) is 4.79 Å². The van der Waals surface area contributed by atoms with E-state index in [9.17, 15) is 26.4 Å². The molecule has 0 unspecified atom stereocenters. The Morgan fingerprint density at radius 2 is 1.63 bits per heavy atom. The summed E-state index contributed by atoms with van der Waals surface area (Å²) in [6.07, 6.45) is -1.45. The van der Waals surface area contributed by atoms with Gasteiger partial charge in [-0.2, -0.15) is 21.6 Å². The minimum absolute atomic E-state index is 0.0578. The fourth-order valence-electron chi connectivity index (χ4n) is 3.19. The van der Waals surface area contributed by atoms with Gasteiger partial charge in [0.2, 0.25) is 5.91 Å². The fourth-order valence-corrected chi connectivity index (χ4v) is 4.17. The Balaban J connectivity index is 1.70. The van der Waals surface area contributed by atoms with Crippen LogP contribution in [0.4, 0.5) is 13.2 Å². The molecule has 1 amide bonds. The zero-order chi connectivity index (χ0) is 25.6. The Kier molecular flexibility index (Phi) is 8.01. The van der Waals surface area contributed by atoms with Crippen molar-refractivity contribution in [2.75, 3.05) is 0 Å². The summed E-state index contributed by atoms with van der Waals surface area (Å²) in [5.41, 5.74) is 0.536. The largest absolute Gasteiger partial charge is 0.416 e. The molecule has 0 heterocycles. The molecule has 0 saturated heterocycles. The van der Waals surface area contributed by atoms with Crippen molar-refractivity contribution in [2.45, 2.75) is 37.5 Å². The highest BCUT2D eigenvalue weighted by atomic mass is 32.2. The lowest BCUT2D eigenvalue weighted by atomic mass is 10.1. The number of carbonyl (C=O) groups is 1. The molecule has 0 spiro atoms. The molecule has 0 bridgehead atoms. The van der Waals surface area contributed by atoms with Crippen molar-refractivity contribution in [2.24, 2.45) is 0 Å². The van der Waals surface area contributed by atoms with Gasteiger partial charge >= 0.3 is 16.3 Å². The van der Waals surface area contributed by atoms with Crippen LogP contribution in [0.2, 0.25) is 0 Å². The van der Waals surface area contributed by atoms with Gasteiger partial charge in [-0.05, 0) is 61.4 Å². The van der Waals surface area contributed by atoms with Crippen molar-refractivity contribution in [3.63, 3.8) is 0 Å². The van der Waals surface area contributed by atoms with Crippen LogP contribution < -0.4 is 4.18 Å². The second-order valence-electron chi connectivity index (χ2n) is 8.01. The summed E-state index contributed by atoms with van der Waals surface area (Å²) in [7, 11) is -4.47. The van der Waals surface area contributed by atoms with Crippen molar-refractivity contribution in [1.82, 2.24) is 4.90 Å². The molecule has 3 aromatic rings. The van der Waals surface area contributed by atoms with Crippen molar-refractivity contribution in [3.05, 3.63) is 102 Å². The van der Waals surface area contributed by atoms with Crippen LogP contribution in [0.1, 0.15) is 30.5 Å². The smallest absolute Gasteiger partial charge is 0.379 e. The van der Waals surface area contributed by atoms with Crippen LogP contribution in [-0.2, 0) is 27.6 Å². The maximum atomic E-state index is 12.9. The molecule has 0 aliphatic carbocycles. The van der Waals surface area contributed by atoms with Gasteiger partial charge < -0.3 is 9.08 Å². The van der Waals surface area contributed by atoms with Gasteiger partial charge in [0.15, 0.2) is 0 Å². The van der Waals surface area contributed by atoms with Crippen LogP contribution in [-0.4, -0.2) is 25.3 Å². The lowest BCUT2D eigenvalue weighted by molar-refractivity contribution is -0.137. The quantitative estimate of drug-likeness (QED) is 0.283. The highest BCUT2D eigenvalue weighted by Crippen LogP contribution is 2.31. The van der Waals surface area contributed by atoms with E-state index in [-0.39, 0.29) is 24.2 Å². The minimum Gasteiger partial charge on any atom is -0.379 e. The number of amides is 1. The zero-order valence-corrected chi connectivity index (χ0v) is 19.9. The van der Waals surface area contributed by atoms with E-state index in [1.807, 2.05) is 44.2 Å². The molecule has 0 radical (unpaired) electrons. The lowest BCUT2D eigenvalue weighted by Gasteiger charge is -2.25. The molecule has 0 atom stereocenters. The van der Waals surface area contributed by atoms with Crippen molar-refractivity contribution < 1.29 is 30.6 Å². The Morgan fingerprint density at radius 1 is 0.971 bits per heavy atom. The van der Waals surface area contributed by atoms with E-state index in [1.165, 1.54) is 18.2 Å². The maximum Gasteiger partial charge on any atom is 0.416 e. The Hall–Kier alpha value is -3.59. The number of alkyl halides is 3. The number of rotatable bonds is 8. The Labute approximate surface area is 202 Å². The second kappa shape index (κ2) is 10.8. The minimum atomic E-state index is -4.68. The van der Waals surface area contributed by atoms with Gasteiger partial charge in [0, 0.05) is 18.7 Å². The molecule has 35 heavy (non-hydrogen) atoms. The molecule has 0 fully saturated rings. The van der Waals surface area contributed by atoms with E-state index >= 15 is 0 Å². The molecule has 0 N–H and O–H groups in total. The zero-order valence-electron chi connectivity index (χ0n) is 19.1. The first-order valence-electron chi connectivity index (χ1n) is 10.7. The summed E-state index contributed by atoms with van der Waals surface area (Å²) >= 11 is 0. The number of nitrogens with zero attached hydrogens (tertiary/aromatic N) is 1. The number of halogens is 3. The average molecular weight is 504 g/mol. The van der Waals surface area contributed by atoms with Gasteiger partial charge in [-0.15, -0.1) is 0 Å². The fraction of sp³-hybridized carbons (Fsp3) is 0.192. The summed E-state index contributed by atoms with van der Waals surface area (Å²) in [5, 5.41) is 0. The third-order valence-electron chi connectivity index (χ3n) is 5.06. The topological polar surface area (TPSA) is 63.7 Å². The molecule has 0 aliphatic rings. The van der Waals surface area contributed by atoms with E-state index in [0.29, 0.717) is 6.07 Å².